The number of para-hydroxylation sites is 1. The Morgan fingerprint density at radius 1 is 1.32 bits per heavy atom. The van der Waals surface area contributed by atoms with E-state index in [1.807, 2.05) is 25.1 Å². The Morgan fingerprint density at radius 2 is 1.95 bits per heavy atom. The number of aromatic nitrogens is 1. The molecule has 2 aromatic rings. The van der Waals surface area contributed by atoms with Crippen LogP contribution in [0.15, 0.2) is 24.3 Å². The topological polar surface area (TPSA) is 57.2 Å². The fourth-order valence-electron chi connectivity index (χ4n) is 4.92. The minimum atomic E-state index is -0.257. The van der Waals surface area contributed by atoms with Crippen molar-refractivity contribution < 1.29 is 9.53 Å². The summed E-state index contributed by atoms with van der Waals surface area (Å²) in [6, 6.07) is 8.44. The number of hydrogen-bond donors (Lipinski definition) is 1. The summed E-state index contributed by atoms with van der Waals surface area (Å²) in [5.74, 6) is -0.257. The van der Waals surface area contributed by atoms with Gasteiger partial charge in [-0.25, -0.2) is 4.79 Å². The molecule has 3 aliphatic rings. The lowest BCUT2D eigenvalue weighted by molar-refractivity contribution is -0.161. The number of benzene rings is 1. The maximum Gasteiger partial charge on any atom is 0.340 e. The number of hydrogen-bond acceptors (Lipinski definition) is 3. The molecular formula is C18H22N2O2. The lowest BCUT2D eigenvalue weighted by Gasteiger charge is -2.71. The maximum absolute atomic E-state index is 12.2. The van der Waals surface area contributed by atoms with Crippen LogP contribution in [-0.2, 0) is 4.74 Å². The van der Waals surface area contributed by atoms with E-state index in [1.165, 1.54) is 7.11 Å². The van der Waals surface area contributed by atoms with Crippen molar-refractivity contribution in [3.8, 4) is 0 Å². The Bertz CT molecular complexity index is 770. The minimum absolute atomic E-state index is 0.0936. The molecule has 1 aromatic heterocycles. The molecule has 0 amide bonds. The molecule has 2 bridgehead atoms. The van der Waals surface area contributed by atoms with Crippen molar-refractivity contribution in [2.75, 3.05) is 7.11 Å². The van der Waals surface area contributed by atoms with Gasteiger partial charge in [0.05, 0.1) is 12.7 Å². The molecule has 2 N–H and O–H groups in total. The molecule has 4 nitrogen and oxygen atoms in total. The van der Waals surface area contributed by atoms with Gasteiger partial charge in [0.15, 0.2) is 0 Å². The molecule has 0 aliphatic heterocycles. The molecule has 1 unspecified atom stereocenters. The van der Waals surface area contributed by atoms with Gasteiger partial charge in [0.2, 0.25) is 0 Å². The third-order valence-electron chi connectivity index (χ3n) is 5.93. The standard InChI is InChI=1S/C18H22N2O2/c1-11-15(16(21)22-3)13-6-4-5-7-14(13)20(11)12(2)17-8-18(19,9-17)10-17/h4-7,12H,8-10,19H2,1-3H3. The highest BCUT2D eigenvalue weighted by Gasteiger charge is 2.68. The number of fused-ring (bicyclic) bond motifs is 1. The average molecular weight is 298 g/mol. The summed E-state index contributed by atoms with van der Waals surface area (Å²) >= 11 is 0. The number of nitrogens with two attached hydrogens (primary N) is 1. The van der Waals surface area contributed by atoms with E-state index in [2.05, 4.69) is 17.6 Å². The number of methoxy groups -OCH3 is 1. The summed E-state index contributed by atoms with van der Waals surface area (Å²) in [5.41, 5.74) is 9.44. The quantitative estimate of drug-likeness (QED) is 0.885. The minimum Gasteiger partial charge on any atom is -0.465 e. The number of carbonyl (C=O) groups excluding carboxylic acids is 1. The van der Waals surface area contributed by atoms with Gasteiger partial charge in [-0.2, -0.15) is 0 Å². The summed E-state index contributed by atoms with van der Waals surface area (Å²) in [6.07, 6.45) is 3.29. The number of ether oxygens (including phenoxy) is 1. The predicted molar refractivity (Wildman–Crippen MR) is 85.9 cm³/mol. The molecule has 3 fully saturated rings. The lowest BCUT2D eigenvalue weighted by atomic mass is 9.37. The zero-order valence-electron chi connectivity index (χ0n) is 13.3. The lowest BCUT2D eigenvalue weighted by Crippen LogP contribution is -2.74. The van der Waals surface area contributed by atoms with Crippen molar-refractivity contribution >= 4 is 16.9 Å². The van der Waals surface area contributed by atoms with E-state index in [4.69, 9.17) is 10.5 Å². The van der Waals surface area contributed by atoms with Gasteiger partial charge in [0, 0.05) is 28.2 Å². The molecule has 1 heterocycles. The molecule has 1 aromatic carbocycles. The molecule has 1 atom stereocenters. The van der Waals surface area contributed by atoms with Crippen LogP contribution in [0, 0.1) is 12.3 Å². The third kappa shape index (κ3) is 1.53. The van der Waals surface area contributed by atoms with Gasteiger partial charge < -0.3 is 15.0 Å². The van der Waals surface area contributed by atoms with E-state index in [9.17, 15) is 4.79 Å². The van der Waals surface area contributed by atoms with E-state index in [0.29, 0.717) is 17.0 Å². The van der Waals surface area contributed by atoms with Crippen LogP contribution in [0.2, 0.25) is 0 Å². The van der Waals surface area contributed by atoms with Crippen molar-refractivity contribution in [3.05, 3.63) is 35.5 Å². The summed E-state index contributed by atoms with van der Waals surface area (Å²) in [7, 11) is 1.44. The number of nitrogens with zero attached hydrogens (tertiary/aromatic N) is 1. The van der Waals surface area contributed by atoms with Crippen LogP contribution >= 0.6 is 0 Å². The van der Waals surface area contributed by atoms with Gasteiger partial charge in [-0.05, 0) is 44.6 Å². The smallest absolute Gasteiger partial charge is 0.340 e. The van der Waals surface area contributed by atoms with E-state index < -0.39 is 0 Å². The largest absolute Gasteiger partial charge is 0.465 e. The van der Waals surface area contributed by atoms with Crippen LogP contribution in [0.1, 0.15) is 48.3 Å². The van der Waals surface area contributed by atoms with Gasteiger partial charge >= 0.3 is 5.97 Å². The Balaban J connectivity index is 1.87. The molecule has 4 heteroatoms. The first kappa shape index (κ1) is 13.8. The summed E-state index contributed by atoms with van der Waals surface area (Å²) in [5, 5.41) is 0.979. The highest BCUT2D eigenvalue weighted by molar-refractivity contribution is 6.06. The van der Waals surface area contributed by atoms with Crippen LogP contribution in [-0.4, -0.2) is 23.2 Å². The number of rotatable bonds is 3. The molecule has 5 rings (SSSR count). The van der Waals surface area contributed by atoms with Crippen LogP contribution in [0.4, 0.5) is 0 Å². The number of carbonyl (C=O) groups is 1. The van der Waals surface area contributed by atoms with Crippen LogP contribution < -0.4 is 5.73 Å². The maximum atomic E-state index is 12.2. The Hall–Kier alpha value is -1.81. The normalized spacial score (nSPS) is 30.5. The Morgan fingerprint density at radius 3 is 2.55 bits per heavy atom. The van der Waals surface area contributed by atoms with Gasteiger partial charge in [-0.15, -0.1) is 0 Å². The molecule has 116 valence electrons. The van der Waals surface area contributed by atoms with Crippen molar-refractivity contribution in [1.29, 1.82) is 0 Å². The molecule has 0 spiro atoms. The van der Waals surface area contributed by atoms with Gasteiger partial charge in [-0.3, -0.25) is 0 Å². The van der Waals surface area contributed by atoms with E-state index >= 15 is 0 Å². The molecule has 0 saturated heterocycles. The SMILES string of the molecule is COC(=O)c1c(C)n(C(C)C23CC(N)(C2)C3)c2ccccc12. The monoisotopic (exact) mass is 298 g/mol. The second kappa shape index (κ2) is 4.13. The summed E-state index contributed by atoms with van der Waals surface area (Å²) < 4.78 is 7.32. The fourth-order valence-corrected chi connectivity index (χ4v) is 4.92. The molecular weight excluding hydrogens is 276 g/mol. The van der Waals surface area contributed by atoms with E-state index in [1.54, 1.807) is 0 Å². The first-order chi connectivity index (χ1) is 10.4. The van der Waals surface area contributed by atoms with Crippen LogP contribution in [0.25, 0.3) is 10.9 Å². The Kier molecular flexibility index (Phi) is 2.60. The van der Waals surface area contributed by atoms with Crippen molar-refractivity contribution in [3.63, 3.8) is 0 Å². The highest BCUT2D eigenvalue weighted by atomic mass is 16.5. The zero-order valence-corrected chi connectivity index (χ0v) is 13.3. The average Bonchev–Trinajstić information content (AvgIpc) is 2.73. The summed E-state index contributed by atoms with van der Waals surface area (Å²) in [4.78, 5) is 12.2. The summed E-state index contributed by atoms with van der Waals surface area (Å²) in [6.45, 7) is 4.28. The van der Waals surface area contributed by atoms with E-state index in [-0.39, 0.29) is 11.5 Å². The first-order valence-corrected chi connectivity index (χ1v) is 7.88. The zero-order chi connectivity index (χ0) is 15.7. The highest BCUT2D eigenvalue weighted by Crippen LogP contribution is 2.70. The molecule has 3 saturated carbocycles. The predicted octanol–water partition coefficient (Wildman–Crippen LogP) is 3.18. The van der Waals surface area contributed by atoms with Gasteiger partial charge in [-0.1, -0.05) is 18.2 Å². The number of esters is 1. The van der Waals surface area contributed by atoms with Crippen molar-refractivity contribution in [2.45, 2.75) is 44.7 Å². The third-order valence-corrected chi connectivity index (χ3v) is 5.93. The van der Waals surface area contributed by atoms with E-state index in [0.717, 1.165) is 35.9 Å². The molecule has 3 aliphatic carbocycles. The van der Waals surface area contributed by atoms with Gasteiger partial charge in [0.1, 0.15) is 0 Å². The first-order valence-electron chi connectivity index (χ1n) is 7.88. The second-order valence-electron chi connectivity index (χ2n) is 7.27. The van der Waals surface area contributed by atoms with Crippen LogP contribution in [0.5, 0.6) is 0 Å². The second-order valence-corrected chi connectivity index (χ2v) is 7.27. The van der Waals surface area contributed by atoms with Crippen molar-refractivity contribution in [1.82, 2.24) is 4.57 Å². The molecule has 22 heavy (non-hydrogen) atoms. The van der Waals surface area contributed by atoms with Crippen molar-refractivity contribution in [2.24, 2.45) is 11.1 Å². The van der Waals surface area contributed by atoms with Gasteiger partial charge in [0.25, 0.3) is 0 Å². The Labute approximate surface area is 130 Å². The fraction of sp³-hybridized carbons (Fsp3) is 0.500. The molecule has 0 radical (unpaired) electrons. The van der Waals surface area contributed by atoms with Crippen LogP contribution in [0.3, 0.4) is 0 Å².